The molecule has 0 bridgehead atoms. The Morgan fingerprint density at radius 2 is 1.81 bits per heavy atom. The van der Waals surface area contributed by atoms with E-state index in [0.717, 1.165) is 35.7 Å². The minimum Gasteiger partial charge on any atom is -0.506 e. The van der Waals surface area contributed by atoms with E-state index in [0.29, 0.717) is 29.0 Å². The number of aromatic nitrogens is 6. The molecule has 31 heavy (non-hydrogen) atoms. The van der Waals surface area contributed by atoms with Crippen LogP contribution in [0, 0.1) is 18.8 Å². The zero-order valence-electron chi connectivity index (χ0n) is 17.9. The summed E-state index contributed by atoms with van der Waals surface area (Å²) >= 11 is 0. The SMILES string of the molecule is Cc1nc2ccc(-c3cnc(-c4ccc(N5C[C@H](C)C[C@H](C)C5)nn4)c(O)c3)cn2n1. The van der Waals surface area contributed by atoms with Crippen LogP contribution in [0.4, 0.5) is 5.82 Å². The van der Waals surface area contributed by atoms with Crippen molar-refractivity contribution in [2.75, 3.05) is 18.0 Å². The quantitative estimate of drug-likeness (QED) is 0.545. The second kappa shape index (κ2) is 7.61. The summed E-state index contributed by atoms with van der Waals surface area (Å²) in [5, 5.41) is 23.7. The Kier molecular flexibility index (Phi) is 4.77. The Labute approximate surface area is 180 Å². The number of nitrogens with zero attached hydrogens (tertiary/aromatic N) is 7. The molecule has 5 heterocycles. The van der Waals surface area contributed by atoms with Crippen molar-refractivity contribution in [1.82, 2.24) is 29.8 Å². The molecule has 158 valence electrons. The number of pyridine rings is 2. The van der Waals surface area contributed by atoms with Crippen molar-refractivity contribution in [2.24, 2.45) is 11.8 Å². The van der Waals surface area contributed by atoms with E-state index >= 15 is 0 Å². The molecule has 0 unspecified atom stereocenters. The van der Waals surface area contributed by atoms with Crippen LogP contribution in [0.2, 0.25) is 0 Å². The van der Waals surface area contributed by atoms with Crippen LogP contribution >= 0.6 is 0 Å². The number of hydrogen-bond acceptors (Lipinski definition) is 7. The van der Waals surface area contributed by atoms with Crippen molar-refractivity contribution < 1.29 is 5.11 Å². The van der Waals surface area contributed by atoms with Crippen molar-refractivity contribution in [3.63, 3.8) is 0 Å². The van der Waals surface area contributed by atoms with Crippen LogP contribution in [0.3, 0.4) is 0 Å². The molecule has 2 atom stereocenters. The van der Waals surface area contributed by atoms with Crippen molar-refractivity contribution >= 4 is 11.5 Å². The van der Waals surface area contributed by atoms with E-state index < -0.39 is 0 Å². The summed E-state index contributed by atoms with van der Waals surface area (Å²) in [5.74, 6) is 2.93. The van der Waals surface area contributed by atoms with Crippen molar-refractivity contribution in [1.29, 1.82) is 0 Å². The van der Waals surface area contributed by atoms with Gasteiger partial charge in [-0.25, -0.2) is 14.5 Å². The predicted molar refractivity (Wildman–Crippen MR) is 119 cm³/mol. The molecule has 0 radical (unpaired) electrons. The van der Waals surface area contributed by atoms with Crippen molar-refractivity contribution in [3.05, 3.63) is 48.5 Å². The maximum Gasteiger partial charge on any atom is 0.155 e. The van der Waals surface area contributed by atoms with E-state index in [1.807, 2.05) is 37.4 Å². The molecule has 1 aliphatic heterocycles. The lowest BCUT2D eigenvalue weighted by atomic mass is 9.92. The third-order valence-corrected chi connectivity index (χ3v) is 5.72. The van der Waals surface area contributed by atoms with E-state index in [9.17, 15) is 5.11 Å². The highest BCUT2D eigenvalue weighted by molar-refractivity contribution is 5.71. The van der Waals surface area contributed by atoms with E-state index in [1.54, 1.807) is 16.8 Å². The molecule has 1 saturated heterocycles. The standard InChI is InChI=1S/C23H25N7O/c1-14-8-15(2)12-29(11-14)22-7-5-19(26-27-22)23-20(31)9-18(10-24-23)17-4-6-21-25-16(3)28-30(21)13-17/h4-7,9-10,13-15,31H,8,11-12H2,1-3H3/t14-,15+. The third kappa shape index (κ3) is 3.81. The molecule has 0 amide bonds. The van der Waals surface area contributed by atoms with Gasteiger partial charge in [-0.1, -0.05) is 13.8 Å². The Morgan fingerprint density at radius 1 is 1.00 bits per heavy atom. The number of fused-ring (bicyclic) bond motifs is 1. The summed E-state index contributed by atoms with van der Waals surface area (Å²) < 4.78 is 1.72. The fourth-order valence-corrected chi connectivity index (χ4v) is 4.44. The average molecular weight is 416 g/mol. The lowest BCUT2D eigenvalue weighted by molar-refractivity contribution is 0.355. The molecule has 0 aromatic carbocycles. The smallest absolute Gasteiger partial charge is 0.155 e. The van der Waals surface area contributed by atoms with Crippen LogP contribution in [0.15, 0.2) is 42.7 Å². The summed E-state index contributed by atoms with van der Waals surface area (Å²) in [7, 11) is 0. The van der Waals surface area contributed by atoms with E-state index in [4.69, 9.17) is 0 Å². The summed E-state index contributed by atoms with van der Waals surface area (Å²) in [5.41, 5.74) is 3.43. The fraction of sp³-hybridized carbons (Fsp3) is 0.348. The summed E-state index contributed by atoms with van der Waals surface area (Å²) in [4.78, 5) is 11.1. The zero-order valence-corrected chi connectivity index (χ0v) is 17.9. The first kappa shape index (κ1) is 19.4. The molecule has 0 aliphatic carbocycles. The molecule has 4 aromatic rings. The van der Waals surface area contributed by atoms with Gasteiger partial charge in [0, 0.05) is 36.6 Å². The lowest BCUT2D eigenvalue weighted by Crippen LogP contribution is -2.39. The Hall–Kier alpha value is -3.55. The van der Waals surface area contributed by atoms with Crippen LogP contribution in [0.25, 0.3) is 28.2 Å². The van der Waals surface area contributed by atoms with Gasteiger partial charge in [-0.2, -0.15) is 5.10 Å². The van der Waals surface area contributed by atoms with Crippen LogP contribution in [-0.4, -0.2) is 48.0 Å². The van der Waals surface area contributed by atoms with Gasteiger partial charge < -0.3 is 10.0 Å². The molecule has 1 N–H and O–H groups in total. The molecule has 4 aromatic heterocycles. The highest BCUT2D eigenvalue weighted by atomic mass is 16.3. The monoisotopic (exact) mass is 415 g/mol. The van der Waals surface area contributed by atoms with E-state index in [-0.39, 0.29) is 5.75 Å². The van der Waals surface area contributed by atoms with Gasteiger partial charge in [-0.05, 0) is 55.5 Å². The minimum absolute atomic E-state index is 0.0645. The molecule has 0 saturated carbocycles. The van der Waals surface area contributed by atoms with Crippen LogP contribution in [0.5, 0.6) is 5.75 Å². The van der Waals surface area contributed by atoms with Gasteiger partial charge in [-0.15, -0.1) is 10.2 Å². The Balaban J connectivity index is 1.40. The zero-order chi connectivity index (χ0) is 21.5. The number of anilines is 1. The van der Waals surface area contributed by atoms with Crippen molar-refractivity contribution in [3.8, 4) is 28.3 Å². The van der Waals surface area contributed by atoms with E-state index in [1.165, 1.54) is 6.42 Å². The van der Waals surface area contributed by atoms with Gasteiger partial charge in [0.15, 0.2) is 11.5 Å². The summed E-state index contributed by atoms with van der Waals surface area (Å²) in [6.45, 7) is 8.39. The normalized spacial score (nSPS) is 19.1. The summed E-state index contributed by atoms with van der Waals surface area (Å²) in [6.07, 6.45) is 4.85. The van der Waals surface area contributed by atoms with Gasteiger partial charge in [-0.3, -0.25) is 0 Å². The van der Waals surface area contributed by atoms with Crippen molar-refractivity contribution in [2.45, 2.75) is 27.2 Å². The largest absolute Gasteiger partial charge is 0.506 e. The molecule has 1 fully saturated rings. The maximum atomic E-state index is 10.6. The summed E-state index contributed by atoms with van der Waals surface area (Å²) in [6, 6.07) is 9.36. The lowest BCUT2D eigenvalue weighted by Gasteiger charge is -2.35. The van der Waals surface area contributed by atoms with Gasteiger partial charge in [0.2, 0.25) is 0 Å². The Bertz CT molecular complexity index is 1220. The number of hydrogen-bond donors (Lipinski definition) is 1. The second-order valence-electron chi connectivity index (χ2n) is 8.60. The van der Waals surface area contributed by atoms with Gasteiger partial charge in [0.05, 0.1) is 0 Å². The number of piperidine rings is 1. The first-order chi connectivity index (χ1) is 15.0. The molecule has 5 rings (SSSR count). The Morgan fingerprint density at radius 3 is 2.52 bits per heavy atom. The third-order valence-electron chi connectivity index (χ3n) is 5.72. The molecular weight excluding hydrogens is 390 g/mol. The predicted octanol–water partition coefficient (Wildman–Crippen LogP) is 3.74. The number of rotatable bonds is 3. The fourth-order valence-electron chi connectivity index (χ4n) is 4.44. The average Bonchev–Trinajstić information content (AvgIpc) is 3.12. The topological polar surface area (TPSA) is 92.3 Å². The number of aromatic hydroxyl groups is 1. The second-order valence-corrected chi connectivity index (χ2v) is 8.60. The molecule has 0 spiro atoms. The molecular formula is C23H25N7O. The van der Waals surface area contributed by atoms with Crippen LogP contribution in [0.1, 0.15) is 26.1 Å². The molecule has 1 aliphatic rings. The van der Waals surface area contributed by atoms with Gasteiger partial charge >= 0.3 is 0 Å². The highest BCUT2D eigenvalue weighted by Crippen LogP contribution is 2.31. The van der Waals surface area contributed by atoms with Gasteiger partial charge in [0.1, 0.15) is 23.0 Å². The minimum atomic E-state index is 0.0645. The van der Waals surface area contributed by atoms with E-state index in [2.05, 4.69) is 44.0 Å². The first-order valence-electron chi connectivity index (χ1n) is 10.6. The molecule has 8 nitrogen and oxygen atoms in total. The number of aryl methyl sites for hydroxylation is 1. The van der Waals surface area contributed by atoms with Crippen LogP contribution in [-0.2, 0) is 0 Å². The highest BCUT2D eigenvalue weighted by Gasteiger charge is 2.23. The van der Waals surface area contributed by atoms with Gasteiger partial charge in [0.25, 0.3) is 0 Å². The first-order valence-corrected chi connectivity index (χ1v) is 10.6. The maximum absolute atomic E-state index is 10.6. The molecule has 8 heteroatoms. The van der Waals surface area contributed by atoms with Crippen LogP contribution < -0.4 is 4.90 Å².